The minimum Gasteiger partial charge on any atom is -0.444 e. The number of nitrogens with one attached hydrogen (secondary N) is 1. The van der Waals surface area contributed by atoms with Crippen molar-refractivity contribution >= 4 is 17.7 Å². The van der Waals surface area contributed by atoms with Gasteiger partial charge in [-0.05, 0) is 51.0 Å². The van der Waals surface area contributed by atoms with Crippen molar-refractivity contribution < 1.29 is 13.9 Å². The van der Waals surface area contributed by atoms with E-state index in [1.54, 1.807) is 26.8 Å². The normalized spacial score (nSPS) is 12.9. The third-order valence-electron chi connectivity index (χ3n) is 2.33. The van der Waals surface area contributed by atoms with Crippen molar-refractivity contribution in [3.63, 3.8) is 0 Å². The minimum absolute atomic E-state index is 0.239. The number of hydrogen-bond acceptors (Lipinski definition) is 3. The Labute approximate surface area is 123 Å². The maximum absolute atomic E-state index is 13.2. The van der Waals surface area contributed by atoms with Crippen LogP contribution in [0.5, 0.6) is 0 Å². The number of alkyl carbamates (subject to hydrolysis) is 1. The van der Waals surface area contributed by atoms with Crippen molar-refractivity contribution in [2.45, 2.75) is 38.8 Å². The van der Waals surface area contributed by atoms with Gasteiger partial charge in [0.2, 0.25) is 0 Å². The second kappa shape index (κ2) is 6.90. The Balaban J connectivity index is 2.44. The van der Waals surface area contributed by atoms with E-state index in [4.69, 9.17) is 22.1 Å². The summed E-state index contributed by atoms with van der Waals surface area (Å²) in [6.45, 7) is 5.58. The van der Waals surface area contributed by atoms with Crippen molar-refractivity contribution in [1.82, 2.24) is 5.32 Å². The minimum atomic E-state index is -0.551. The molecule has 1 rings (SSSR count). The highest BCUT2D eigenvalue weighted by Gasteiger charge is 2.16. The molecule has 1 unspecified atom stereocenters. The number of carbonyl (C=O) groups excluding carboxylic acids is 1. The van der Waals surface area contributed by atoms with Gasteiger partial charge in [-0.15, -0.1) is 0 Å². The Morgan fingerprint density at radius 1 is 1.45 bits per heavy atom. The van der Waals surface area contributed by atoms with Crippen LogP contribution >= 0.6 is 11.6 Å². The Morgan fingerprint density at radius 3 is 2.65 bits per heavy atom. The standard InChI is InChI=1S/C14H20ClFN2O2/c1-14(2,3)20-13(19)18-8-12(17)6-9-4-10(15)7-11(16)5-9/h4-5,7,12H,6,8,17H2,1-3H3,(H,18,19). The van der Waals surface area contributed by atoms with Gasteiger partial charge in [0.15, 0.2) is 0 Å². The van der Waals surface area contributed by atoms with Gasteiger partial charge in [0, 0.05) is 17.6 Å². The van der Waals surface area contributed by atoms with Crippen LogP contribution in [0.4, 0.5) is 9.18 Å². The lowest BCUT2D eigenvalue weighted by Crippen LogP contribution is -2.41. The summed E-state index contributed by atoms with van der Waals surface area (Å²) < 4.78 is 18.3. The number of nitrogens with two attached hydrogens (primary N) is 1. The van der Waals surface area contributed by atoms with E-state index >= 15 is 0 Å². The van der Waals surface area contributed by atoms with E-state index < -0.39 is 17.5 Å². The van der Waals surface area contributed by atoms with Crippen LogP contribution in [0.3, 0.4) is 0 Å². The van der Waals surface area contributed by atoms with Crippen molar-refractivity contribution in [3.8, 4) is 0 Å². The van der Waals surface area contributed by atoms with Gasteiger partial charge >= 0.3 is 6.09 Å². The molecule has 1 aromatic rings. The Hall–Kier alpha value is -1.33. The van der Waals surface area contributed by atoms with E-state index in [9.17, 15) is 9.18 Å². The van der Waals surface area contributed by atoms with Gasteiger partial charge < -0.3 is 15.8 Å². The summed E-state index contributed by atoms with van der Waals surface area (Å²) >= 11 is 5.76. The molecular formula is C14H20ClFN2O2. The summed E-state index contributed by atoms with van der Waals surface area (Å²) in [7, 11) is 0. The smallest absolute Gasteiger partial charge is 0.407 e. The predicted molar refractivity (Wildman–Crippen MR) is 77.3 cm³/mol. The fraction of sp³-hybridized carbons (Fsp3) is 0.500. The molecule has 3 N–H and O–H groups in total. The summed E-state index contributed by atoms with van der Waals surface area (Å²) in [5.74, 6) is -0.403. The van der Waals surface area contributed by atoms with Crippen LogP contribution in [0, 0.1) is 5.82 Å². The van der Waals surface area contributed by atoms with Crippen LogP contribution in [0.1, 0.15) is 26.3 Å². The van der Waals surface area contributed by atoms with Crippen LogP contribution in [-0.2, 0) is 11.2 Å². The molecule has 1 aromatic carbocycles. The van der Waals surface area contributed by atoms with Crippen LogP contribution < -0.4 is 11.1 Å². The third-order valence-corrected chi connectivity index (χ3v) is 2.55. The molecule has 0 heterocycles. The first-order valence-corrected chi connectivity index (χ1v) is 6.71. The lowest BCUT2D eigenvalue weighted by Gasteiger charge is -2.20. The maximum Gasteiger partial charge on any atom is 0.407 e. The maximum atomic E-state index is 13.2. The summed E-state index contributed by atoms with van der Waals surface area (Å²) in [4.78, 5) is 11.5. The molecule has 0 saturated carbocycles. The second-order valence-corrected chi connectivity index (χ2v) is 6.06. The molecule has 1 amide bonds. The number of ether oxygens (including phenoxy) is 1. The van der Waals surface area contributed by atoms with E-state index in [-0.39, 0.29) is 12.6 Å². The molecule has 20 heavy (non-hydrogen) atoms. The topological polar surface area (TPSA) is 64.3 Å². The van der Waals surface area contributed by atoms with Gasteiger partial charge in [0.1, 0.15) is 11.4 Å². The van der Waals surface area contributed by atoms with Gasteiger partial charge in [-0.1, -0.05) is 11.6 Å². The molecule has 6 heteroatoms. The van der Waals surface area contributed by atoms with Crippen LogP contribution in [0.2, 0.25) is 5.02 Å². The molecule has 0 radical (unpaired) electrons. The third kappa shape index (κ3) is 6.73. The highest BCUT2D eigenvalue weighted by molar-refractivity contribution is 6.30. The molecule has 0 aliphatic carbocycles. The molecule has 0 aromatic heterocycles. The van der Waals surface area contributed by atoms with Crippen molar-refractivity contribution in [2.24, 2.45) is 5.73 Å². The van der Waals surface area contributed by atoms with E-state index in [1.165, 1.54) is 12.1 Å². The van der Waals surface area contributed by atoms with Crippen LogP contribution in [0.25, 0.3) is 0 Å². The molecule has 4 nitrogen and oxygen atoms in total. The average Bonchev–Trinajstić information content (AvgIpc) is 2.22. The number of hydrogen-bond donors (Lipinski definition) is 2. The number of halogens is 2. The van der Waals surface area contributed by atoms with Gasteiger partial charge in [0.05, 0.1) is 0 Å². The molecule has 0 aliphatic rings. The van der Waals surface area contributed by atoms with E-state index in [1.807, 2.05) is 0 Å². The Bertz CT molecular complexity index is 454. The second-order valence-electron chi connectivity index (χ2n) is 5.62. The van der Waals surface area contributed by atoms with E-state index in [2.05, 4.69) is 5.32 Å². The molecule has 112 valence electrons. The van der Waals surface area contributed by atoms with Crippen LogP contribution in [-0.4, -0.2) is 24.3 Å². The van der Waals surface area contributed by atoms with Crippen molar-refractivity contribution in [1.29, 1.82) is 0 Å². The number of benzene rings is 1. The van der Waals surface area contributed by atoms with E-state index in [0.717, 1.165) is 0 Å². The van der Waals surface area contributed by atoms with Gasteiger partial charge in [0.25, 0.3) is 0 Å². The lowest BCUT2D eigenvalue weighted by atomic mass is 10.1. The molecule has 1 atom stereocenters. The molecule has 0 fully saturated rings. The number of carbonyl (C=O) groups is 1. The first kappa shape index (κ1) is 16.7. The number of amides is 1. The Kier molecular flexibility index (Phi) is 5.77. The number of rotatable bonds is 4. The summed E-state index contributed by atoms with van der Waals surface area (Å²) in [5, 5.41) is 2.90. The van der Waals surface area contributed by atoms with Crippen LogP contribution in [0.15, 0.2) is 18.2 Å². The lowest BCUT2D eigenvalue weighted by molar-refractivity contribution is 0.0524. The zero-order chi connectivity index (χ0) is 15.3. The fourth-order valence-corrected chi connectivity index (χ4v) is 1.88. The van der Waals surface area contributed by atoms with Crippen molar-refractivity contribution in [3.05, 3.63) is 34.6 Å². The summed E-state index contributed by atoms with van der Waals surface area (Å²) in [6.07, 6.45) is -0.113. The summed E-state index contributed by atoms with van der Waals surface area (Å²) in [6, 6.07) is 3.91. The molecule has 0 bridgehead atoms. The zero-order valence-electron chi connectivity index (χ0n) is 11.9. The highest BCUT2D eigenvalue weighted by Crippen LogP contribution is 2.15. The first-order chi connectivity index (χ1) is 9.15. The largest absolute Gasteiger partial charge is 0.444 e. The SMILES string of the molecule is CC(C)(C)OC(=O)NCC(N)Cc1cc(F)cc(Cl)c1. The van der Waals surface area contributed by atoms with E-state index in [0.29, 0.717) is 17.0 Å². The quantitative estimate of drug-likeness (QED) is 0.899. The highest BCUT2D eigenvalue weighted by atomic mass is 35.5. The molecule has 0 saturated heterocycles. The average molecular weight is 303 g/mol. The molecule has 0 spiro atoms. The van der Waals surface area contributed by atoms with Gasteiger partial charge in [-0.3, -0.25) is 0 Å². The fourth-order valence-electron chi connectivity index (χ4n) is 1.63. The Morgan fingerprint density at radius 2 is 2.10 bits per heavy atom. The predicted octanol–water partition coefficient (Wildman–Crippen LogP) is 2.87. The van der Waals surface area contributed by atoms with Gasteiger partial charge in [-0.25, -0.2) is 9.18 Å². The molecular weight excluding hydrogens is 283 g/mol. The molecule has 0 aliphatic heterocycles. The monoisotopic (exact) mass is 302 g/mol. The van der Waals surface area contributed by atoms with Crippen molar-refractivity contribution in [2.75, 3.05) is 6.54 Å². The summed E-state index contributed by atoms with van der Waals surface area (Å²) in [5.41, 5.74) is 6.02. The van der Waals surface area contributed by atoms with Gasteiger partial charge in [-0.2, -0.15) is 0 Å². The first-order valence-electron chi connectivity index (χ1n) is 6.33. The zero-order valence-corrected chi connectivity index (χ0v) is 12.6.